The van der Waals surface area contributed by atoms with Crippen molar-refractivity contribution in [2.45, 2.75) is 6.42 Å². The lowest BCUT2D eigenvalue weighted by atomic mass is 10.1. The largest absolute Gasteiger partial charge is 0.378 e. The van der Waals surface area contributed by atoms with Crippen molar-refractivity contribution >= 4 is 5.69 Å². The second kappa shape index (κ2) is 4.12. The van der Waals surface area contributed by atoms with Crippen molar-refractivity contribution in [2.24, 2.45) is 5.73 Å². The smallest absolute Gasteiger partial charge is 0.0363 e. The first-order valence-electron chi connectivity index (χ1n) is 4.20. The van der Waals surface area contributed by atoms with Crippen LogP contribution in [0.1, 0.15) is 5.56 Å². The fourth-order valence-electron chi connectivity index (χ4n) is 1.16. The Morgan fingerprint density at radius 3 is 2.67 bits per heavy atom. The van der Waals surface area contributed by atoms with Crippen molar-refractivity contribution in [3.8, 4) is 0 Å². The van der Waals surface area contributed by atoms with E-state index in [9.17, 15) is 0 Å². The van der Waals surface area contributed by atoms with Crippen molar-refractivity contribution in [1.29, 1.82) is 0 Å². The summed E-state index contributed by atoms with van der Waals surface area (Å²) in [5.41, 5.74) is 8.02. The molecule has 0 fully saturated rings. The Labute approximate surface area is 74.0 Å². The van der Waals surface area contributed by atoms with Gasteiger partial charge in [0.1, 0.15) is 0 Å². The second-order valence-electron chi connectivity index (χ2n) is 3.10. The molecule has 0 radical (unpaired) electrons. The number of rotatable bonds is 3. The molecular weight excluding hydrogens is 148 g/mol. The molecule has 0 unspecified atom stereocenters. The molecule has 66 valence electrons. The molecule has 0 heterocycles. The van der Waals surface area contributed by atoms with Crippen molar-refractivity contribution < 1.29 is 0 Å². The maximum absolute atomic E-state index is 5.47. The third-order valence-electron chi connectivity index (χ3n) is 1.86. The van der Waals surface area contributed by atoms with Crippen LogP contribution in [-0.2, 0) is 6.42 Å². The molecule has 0 bridgehead atoms. The topological polar surface area (TPSA) is 29.3 Å². The van der Waals surface area contributed by atoms with Crippen LogP contribution in [0.25, 0.3) is 0 Å². The molecule has 0 spiro atoms. The number of hydrogen-bond donors (Lipinski definition) is 1. The van der Waals surface area contributed by atoms with Crippen LogP contribution >= 0.6 is 0 Å². The predicted molar refractivity (Wildman–Crippen MR) is 53.5 cm³/mol. The monoisotopic (exact) mass is 164 g/mol. The lowest BCUT2D eigenvalue weighted by Crippen LogP contribution is -2.09. The summed E-state index contributed by atoms with van der Waals surface area (Å²) in [5, 5.41) is 0. The Kier molecular flexibility index (Phi) is 3.11. The van der Waals surface area contributed by atoms with Gasteiger partial charge in [-0.1, -0.05) is 12.1 Å². The van der Waals surface area contributed by atoms with Crippen LogP contribution < -0.4 is 10.6 Å². The van der Waals surface area contributed by atoms with Gasteiger partial charge in [-0.25, -0.2) is 0 Å². The molecule has 2 nitrogen and oxygen atoms in total. The van der Waals surface area contributed by atoms with Gasteiger partial charge in [0, 0.05) is 19.8 Å². The molecule has 0 aliphatic heterocycles. The zero-order chi connectivity index (χ0) is 8.97. The van der Waals surface area contributed by atoms with Gasteiger partial charge in [0.25, 0.3) is 0 Å². The number of nitrogens with two attached hydrogens (primary N) is 1. The highest BCUT2D eigenvalue weighted by atomic mass is 15.1. The average Bonchev–Trinajstić information content (AvgIpc) is 2.05. The quantitative estimate of drug-likeness (QED) is 0.728. The maximum Gasteiger partial charge on any atom is 0.0363 e. The second-order valence-corrected chi connectivity index (χ2v) is 3.10. The van der Waals surface area contributed by atoms with Crippen molar-refractivity contribution in [3.05, 3.63) is 29.8 Å². The molecule has 0 saturated carbocycles. The summed E-state index contributed by atoms with van der Waals surface area (Å²) in [5.74, 6) is 0. The summed E-state index contributed by atoms with van der Waals surface area (Å²) in [6, 6.07) is 8.45. The minimum atomic E-state index is 0.719. The Morgan fingerprint density at radius 1 is 1.33 bits per heavy atom. The summed E-state index contributed by atoms with van der Waals surface area (Å²) in [4.78, 5) is 2.10. The first kappa shape index (κ1) is 9.07. The highest BCUT2D eigenvalue weighted by molar-refractivity contribution is 5.47. The average molecular weight is 164 g/mol. The predicted octanol–water partition coefficient (Wildman–Crippen LogP) is 1.25. The van der Waals surface area contributed by atoms with Gasteiger partial charge in [0.05, 0.1) is 0 Å². The summed E-state index contributed by atoms with van der Waals surface area (Å²) in [7, 11) is 4.09. The Morgan fingerprint density at radius 2 is 2.08 bits per heavy atom. The van der Waals surface area contributed by atoms with Gasteiger partial charge in [-0.05, 0) is 30.7 Å². The molecule has 0 aliphatic carbocycles. The van der Waals surface area contributed by atoms with Gasteiger partial charge in [0.2, 0.25) is 0 Å². The minimum absolute atomic E-state index is 0.719. The molecule has 0 atom stereocenters. The lowest BCUT2D eigenvalue weighted by molar-refractivity contribution is 0.966. The number of anilines is 1. The standard InChI is InChI=1S/C10H16N2/c1-12(2)10-5-3-4-9(8-10)6-7-11/h3-5,8H,6-7,11H2,1-2H3. The van der Waals surface area contributed by atoms with E-state index in [0.717, 1.165) is 13.0 Å². The number of hydrogen-bond acceptors (Lipinski definition) is 2. The number of nitrogens with zero attached hydrogens (tertiary/aromatic N) is 1. The van der Waals surface area contributed by atoms with Gasteiger partial charge in [-0.15, -0.1) is 0 Å². The molecule has 2 N–H and O–H groups in total. The zero-order valence-electron chi connectivity index (χ0n) is 7.75. The van der Waals surface area contributed by atoms with Gasteiger partial charge >= 0.3 is 0 Å². The van der Waals surface area contributed by atoms with E-state index in [1.54, 1.807) is 0 Å². The third kappa shape index (κ3) is 2.24. The molecule has 12 heavy (non-hydrogen) atoms. The molecule has 0 aliphatic rings. The van der Waals surface area contributed by atoms with Crippen molar-refractivity contribution in [2.75, 3.05) is 25.5 Å². The molecule has 1 aromatic rings. The van der Waals surface area contributed by atoms with E-state index in [2.05, 4.69) is 29.2 Å². The lowest BCUT2D eigenvalue weighted by Gasteiger charge is -2.13. The Balaban J connectivity index is 2.81. The highest BCUT2D eigenvalue weighted by Gasteiger charge is 1.95. The third-order valence-corrected chi connectivity index (χ3v) is 1.86. The van der Waals surface area contributed by atoms with E-state index < -0.39 is 0 Å². The molecule has 0 aromatic heterocycles. The molecule has 0 saturated heterocycles. The van der Waals surface area contributed by atoms with E-state index in [1.165, 1.54) is 11.3 Å². The first-order valence-corrected chi connectivity index (χ1v) is 4.20. The van der Waals surface area contributed by atoms with Gasteiger partial charge < -0.3 is 10.6 Å². The van der Waals surface area contributed by atoms with Gasteiger partial charge in [-0.3, -0.25) is 0 Å². The molecule has 1 aromatic carbocycles. The summed E-state index contributed by atoms with van der Waals surface area (Å²) in [6.45, 7) is 0.719. The Bertz CT molecular complexity index is 243. The van der Waals surface area contributed by atoms with E-state index >= 15 is 0 Å². The Hall–Kier alpha value is -1.02. The van der Waals surface area contributed by atoms with E-state index in [0.29, 0.717) is 0 Å². The van der Waals surface area contributed by atoms with Crippen LogP contribution in [0.5, 0.6) is 0 Å². The van der Waals surface area contributed by atoms with Crippen LogP contribution in [0, 0.1) is 0 Å². The van der Waals surface area contributed by atoms with Crippen LogP contribution in [0.15, 0.2) is 24.3 Å². The normalized spacial score (nSPS) is 9.92. The van der Waals surface area contributed by atoms with Gasteiger partial charge in [0.15, 0.2) is 0 Å². The summed E-state index contributed by atoms with van der Waals surface area (Å²) in [6.07, 6.45) is 0.960. The summed E-state index contributed by atoms with van der Waals surface area (Å²) < 4.78 is 0. The van der Waals surface area contributed by atoms with Crippen molar-refractivity contribution in [3.63, 3.8) is 0 Å². The number of benzene rings is 1. The summed E-state index contributed by atoms with van der Waals surface area (Å²) >= 11 is 0. The molecule has 1 rings (SSSR count). The SMILES string of the molecule is CN(C)c1cccc(CCN)c1. The zero-order valence-corrected chi connectivity index (χ0v) is 7.75. The molecule has 0 amide bonds. The van der Waals surface area contributed by atoms with Crippen molar-refractivity contribution in [1.82, 2.24) is 0 Å². The van der Waals surface area contributed by atoms with Gasteiger partial charge in [-0.2, -0.15) is 0 Å². The maximum atomic E-state index is 5.47. The van der Waals surface area contributed by atoms with E-state index in [-0.39, 0.29) is 0 Å². The van der Waals surface area contributed by atoms with Crippen LogP contribution in [0.2, 0.25) is 0 Å². The fraction of sp³-hybridized carbons (Fsp3) is 0.400. The first-order chi connectivity index (χ1) is 5.74. The van der Waals surface area contributed by atoms with E-state index in [4.69, 9.17) is 5.73 Å². The van der Waals surface area contributed by atoms with E-state index in [1.807, 2.05) is 14.1 Å². The van der Waals surface area contributed by atoms with Crippen LogP contribution in [-0.4, -0.2) is 20.6 Å². The highest BCUT2D eigenvalue weighted by Crippen LogP contribution is 2.13. The molecular formula is C10H16N2. The fourth-order valence-corrected chi connectivity index (χ4v) is 1.16. The van der Waals surface area contributed by atoms with Crippen LogP contribution in [0.4, 0.5) is 5.69 Å². The minimum Gasteiger partial charge on any atom is -0.378 e. The molecule has 2 heteroatoms. The van der Waals surface area contributed by atoms with Crippen LogP contribution in [0.3, 0.4) is 0 Å².